The van der Waals surface area contributed by atoms with Crippen molar-refractivity contribution in [3.05, 3.63) is 28.2 Å². The second-order valence-corrected chi connectivity index (χ2v) is 5.92. The van der Waals surface area contributed by atoms with Crippen LogP contribution in [0.25, 0.3) is 0 Å². The summed E-state index contributed by atoms with van der Waals surface area (Å²) in [6, 6.07) is 6.96. The maximum Gasteiger partial charge on any atom is 0.0399 e. The van der Waals surface area contributed by atoms with E-state index in [0.29, 0.717) is 12.0 Å². The van der Waals surface area contributed by atoms with Crippen molar-refractivity contribution in [3.8, 4) is 0 Å². The van der Waals surface area contributed by atoms with E-state index in [9.17, 15) is 0 Å². The quantitative estimate of drug-likeness (QED) is 0.908. The number of anilines is 1. The van der Waals surface area contributed by atoms with Crippen molar-refractivity contribution in [2.24, 2.45) is 11.7 Å². The van der Waals surface area contributed by atoms with Crippen LogP contribution in [0.4, 0.5) is 5.69 Å². The molecule has 0 radical (unpaired) electrons. The highest BCUT2D eigenvalue weighted by Gasteiger charge is 2.24. The Kier molecular flexibility index (Phi) is 4.10. The number of nitrogens with zero attached hydrogens (tertiary/aromatic N) is 1. The van der Waals surface area contributed by atoms with Gasteiger partial charge in [0.1, 0.15) is 0 Å². The maximum atomic E-state index is 6.08. The first-order chi connectivity index (χ1) is 8.11. The van der Waals surface area contributed by atoms with Crippen LogP contribution in [0.1, 0.15) is 25.8 Å². The highest BCUT2D eigenvalue weighted by molar-refractivity contribution is 9.10. The molecule has 0 bridgehead atoms. The zero-order valence-electron chi connectivity index (χ0n) is 10.6. The third-order valence-electron chi connectivity index (χ3n) is 3.73. The van der Waals surface area contributed by atoms with Crippen LogP contribution in [0.15, 0.2) is 22.7 Å². The normalized spacial score (nSPS) is 25.1. The van der Waals surface area contributed by atoms with Crippen molar-refractivity contribution in [3.63, 3.8) is 0 Å². The van der Waals surface area contributed by atoms with Gasteiger partial charge < -0.3 is 10.6 Å². The van der Waals surface area contributed by atoms with Crippen molar-refractivity contribution >= 4 is 21.6 Å². The van der Waals surface area contributed by atoms with Gasteiger partial charge in [-0.05, 0) is 42.5 Å². The van der Waals surface area contributed by atoms with Crippen molar-refractivity contribution in [1.82, 2.24) is 0 Å². The fourth-order valence-corrected chi connectivity index (χ4v) is 2.94. The largest absolute Gasteiger partial charge is 0.371 e. The highest BCUT2D eigenvalue weighted by Crippen LogP contribution is 2.28. The van der Waals surface area contributed by atoms with E-state index in [1.165, 1.54) is 15.7 Å². The molecule has 1 heterocycles. The Hall–Kier alpha value is -0.540. The minimum absolute atomic E-state index is 0.367. The molecule has 0 aliphatic carbocycles. The smallest absolute Gasteiger partial charge is 0.0399 e. The van der Waals surface area contributed by atoms with Gasteiger partial charge in [-0.25, -0.2) is 0 Å². The Labute approximate surface area is 112 Å². The molecule has 3 heteroatoms. The van der Waals surface area contributed by atoms with Crippen LogP contribution in [0, 0.1) is 5.92 Å². The van der Waals surface area contributed by atoms with Gasteiger partial charge in [0.2, 0.25) is 0 Å². The molecule has 1 aromatic rings. The highest BCUT2D eigenvalue weighted by atomic mass is 79.9. The molecule has 17 heavy (non-hydrogen) atoms. The molecule has 1 fully saturated rings. The maximum absolute atomic E-state index is 6.08. The lowest BCUT2D eigenvalue weighted by Gasteiger charge is -2.37. The van der Waals surface area contributed by atoms with Crippen molar-refractivity contribution in [2.75, 3.05) is 18.0 Å². The third kappa shape index (κ3) is 2.83. The molecule has 0 spiro atoms. The summed E-state index contributed by atoms with van der Waals surface area (Å²) in [6.07, 6.45) is 2.17. The van der Waals surface area contributed by atoms with Gasteiger partial charge >= 0.3 is 0 Å². The van der Waals surface area contributed by atoms with E-state index in [0.717, 1.165) is 25.9 Å². The fourth-order valence-electron chi connectivity index (χ4n) is 2.53. The summed E-state index contributed by atoms with van der Waals surface area (Å²) in [4.78, 5) is 2.49. The predicted octanol–water partition coefficient (Wildman–Crippen LogP) is 3.19. The summed E-state index contributed by atoms with van der Waals surface area (Å²) in [5, 5.41) is 0. The summed E-state index contributed by atoms with van der Waals surface area (Å²) in [5.41, 5.74) is 8.88. The lowest BCUT2D eigenvalue weighted by Crippen LogP contribution is -2.46. The molecule has 94 valence electrons. The van der Waals surface area contributed by atoms with Gasteiger partial charge in [0.25, 0.3) is 0 Å². The number of halogens is 1. The number of rotatable bonds is 2. The second kappa shape index (κ2) is 5.40. The topological polar surface area (TPSA) is 29.3 Å². The Morgan fingerprint density at radius 1 is 1.47 bits per heavy atom. The molecule has 0 amide bonds. The van der Waals surface area contributed by atoms with Crippen LogP contribution in [-0.2, 0) is 6.42 Å². The number of benzene rings is 1. The van der Waals surface area contributed by atoms with Crippen molar-refractivity contribution < 1.29 is 0 Å². The third-order valence-corrected chi connectivity index (χ3v) is 4.23. The molecule has 0 saturated carbocycles. The average molecular weight is 297 g/mol. The molecule has 2 atom stereocenters. The number of hydrogen-bond donors (Lipinski definition) is 1. The molecule has 1 aliphatic heterocycles. The van der Waals surface area contributed by atoms with Gasteiger partial charge in [-0.2, -0.15) is 0 Å². The van der Waals surface area contributed by atoms with Gasteiger partial charge in [0.05, 0.1) is 0 Å². The lowest BCUT2D eigenvalue weighted by atomic mass is 9.94. The molecule has 2 unspecified atom stereocenters. The first kappa shape index (κ1) is 12.9. The standard InChI is InChI=1S/C14H21BrN2/c1-3-11-8-12(15)4-5-14(11)17-7-6-13(16)10(2)9-17/h4-5,8,10,13H,3,6-7,9,16H2,1-2H3. The van der Waals surface area contributed by atoms with E-state index in [1.54, 1.807) is 0 Å². The zero-order chi connectivity index (χ0) is 12.4. The van der Waals surface area contributed by atoms with Crippen molar-refractivity contribution in [1.29, 1.82) is 0 Å². The van der Waals surface area contributed by atoms with Gasteiger partial charge in [-0.15, -0.1) is 0 Å². The Balaban J connectivity index is 2.22. The first-order valence-corrected chi connectivity index (χ1v) is 7.20. The Bertz CT molecular complexity index is 392. The molecule has 1 aliphatic rings. The number of piperidine rings is 1. The summed E-state index contributed by atoms with van der Waals surface area (Å²) < 4.78 is 1.17. The van der Waals surface area contributed by atoms with E-state index < -0.39 is 0 Å². The fraction of sp³-hybridized carbons (Fsp3) is 0.571. The van der Waals surface area contributed by atoms with Gasteiger partial charge in [-0.3, -0.25) is 0 Å². The molecule has 2 N–H and O–H groups in total. The van der Waals surface area contributed by atoms with Crippen LogP contribution in [0.2, 0.25) is 0 Å². The van der Waals surface area contributed by atoms with E-state index >= 15 is 0 Å². The zero-order valence-corrected chi connectivity index (χ0v) is 12.2. The molecular formula is C14H21BrN2. The van der Waals surface area contributed by atoms with Crippen LogP contribution >= 0.6 is 15.9 Å². The summed E-state index contributed by atoms with van der Waals surface area (Å²) in [5.74, 6) is 0.581. The number of hydrogen-bond acceptors (Lipinski definition) is 2. The van der Waals surface area contributed by atoms with Crippen LogP contribution in [0.3, 0.4) is 0 Å². The molecule has 2 rings (SSSR count). The Morgan fingerprint density at radius 2 is 2.24 bits per heavy atom. The number of nitrogens with two attached hydrogens (primary N) is 1. The minimum atomic E-state index is 0.367. The van der Waals surface area contributed by atoms with Crippen LogP contribution < -0.4 is 10.6 Å². The van der Waals surface area contributed by atoms with E-state index in [-0.39, 0.29) is 0 Å². The summed E-state index contributed by atoms with van der Waals surface area (Å²) in [7, 11) is 0. The SMILES string of the molecule is CCc1cc(Br)ccc1N1CCC(N)C(C)C1. The molecular weight excluding hydrogens is 276 g/mol. The van der Waals surface area contributed by atoms with E-state index in [4.69, 9.17) is 5.73 Å². The first-order valence-electron chi connectivity index (χ1n) is 6.40. The van der Waals surface area contributed by atoms with Gasteiger partial charge in [-0.1, -0.05) is 29.8 Å². The number of aryl methyl sites for hydroxylation is 1. The van der Waals surface area contributed by atoms with Crippen LogP contribution in [0.5, 0.6) is 0 Å². The molecule has 2 nitrogen and oxygen atoms in total. The van der Waals surface area contributed by atoms with Crippen molar-refractivity contribution in [2.45, 2.75) is 32.7 Å². The molecule has 1 saturated heterocycles. The molecule has 0 aromatic heterocycles. The summed E-state index contributed by atoms with van der Waals surface area (Å²) in [6.45, 7) is 6.63. The Morgan fingerprint density at radius 3 is 2.88 bits per heavy atom. The van der Waals surface area contributed by atoms with Gasteiger partial charge in [0, 0.05) is 29.3 Å². The minimum Gasteiger partial charge on any atom is -0.371 e. The lowest BCUT2D eigenvalue weighted by molar-refractivity contribution is 0.382. The predicted molar refractivity (Wildman–Crippen MR) is 77.5 cm³/mol. The summed E-state index contributed by atoms with van der Waals surface area (Å²) >= 11 is 3.54. The van der Waals surface area contributed by atoms with Crippen LogP contribution in [-0.4, -0.2) is 19.1 Å². The van der Waals surface area contributed by atoms with E-state index in [2.05, 4.69) is 52.9 Å². The van der Waals surface area contributed by atoms with Gasteiger partial charge in [0.15, 0.2) is 0 Å². The molecule has 1 aromatic carbocycles. The average Bonchev–Trinajstić information content (AvgIpc) is 2.32. The monoisotopic (exact) mass is 296 g/mol. The second-order valence-electron chi connectivity index (χ2n) is 5.00. The van der Waals surface area contributed by atoms with E-state index in [1.807, 2.05) is 0 Å².